The van der Waals surface area contributed by atoms with E-state index < -0.39 is 0 Å². The number of hydrogen-bond acceptors (Lipinski definition) is 4. The number of ether oxygens (including phenoxy) is 1. The number of carbonyl (C=O) groups is 1. The van der Waals surface area contributed by atoms with E-state index in [1.165, 1.54) is 13.0 Å². The smallest absolute Gasteiger partial charge is 0.163 e. The van der Waals surface area contributed by atoms with E-state index in [9.17, 15) is 9.90 Å². The molecule has 1 aliphatic rings. The third kappa shape index (κ3) is 2.41. The number of phenolic OH excluding ortho intramolecular Hbond substituents is 1. The zero-order valence-corrected chi connectivity index (χ0v) is 11.4. The largest absolute Gasteiger partial charge is 0.506 e. The number of carbonyl (C=O) groups excluding carboxylic acids is 1. The molecule has 1 aliphatic heterocycles. The zero-order valence-electron chi connectivity index (χ0n) is 9.87. The van der Waals surface area contributed by atoms with Gasteiger partial charge >= 0.3 is 0 Å². The van der Waals surface area contributed by atoms with Gasteiger partial charge in [-0.25, -0.2) is 0 Å². The van der Waals surface area contributed by atoms with E-state index in [1.54, 1.807) is 0 Å². The van der Waals surface area contributed by atoms with Gasteiger partial charge in [0.25, 0.3) is 0 Å². The predicted molar refractivity (Wildman–Crippen MR) is 71.2 cm³/mol. The molecule has 1 aromatic carbocycles. The van der Waals surface area contributed by atoms with E-state index in [0.29, 0.717) is 37.0 Å². The number of aromatic hydroxyl groups is 1. The van der Waals surface area contributed by atoms with Gasteiger partial charge in [-0.15, -0.1) is 0 Å². The minimum absolute atomic E-state index is 0.120. The average molecular weight is 290 g/mol. The van der Waals surface area contributed by atoms with E-state index in [-0.39, 0.29) is 22.1 Å². The first-order chi connectivity index (χ1) is 8.52. The van der Waals surface area contributed by atoms with Crippen molar-refractivity contribution < 1.29 is 14.6 Å². The summed E-state index contributed by atoms with van der Waals surface area (Å²) in [7, 11) is 0. The van der Waals surface area contributed by atoms with Crippen LogP contribution < -0.4 is 4.90 Å². The Balaban J connectivity index is 2.48. The molecule has 18 heavy (non-hydrogen) atoms. The Morgan fingerprint density at radius 1 is 1.39 bits per heavy atom. The molecule has 1 saturated heterocycles. The van der Waals surface area contributed by atoms with Crippen LogP contribution in [-0.2, 0) is 4.74 Å². The number of nitrogens with zero attached hydrogens (tertiary/aromatic N) is 1. The number of benzene rings is 1. The number of Topliss-reactive ketones (excluding diaryl/α,β-unsaturated/α-hetero) is 1. The quantitative estimate of drug-likeness (QED) is 0.851. The van der Waals surface area contributed by atoms with E-state index in [0.717, 1.165) is 0 Å². The standard InChI is InChI=1S/C12H13Cl2NO3/c1-7(16)8-6-9(13)11(10(14)12(8)17)15-2-4-18-5-3-15/h6,17H,2-5H2,1H3. The topological polar surface area (TPSA) is 49.8 Å². The summed E-state index contributed by atoms with van der Waals surface area (Å²) >= 11 is 12.3. The van der Waals surface area contributed by atoms with E-state index in [4.69, 9.17) is 27.9 Å². The van der Waals surface area contributed by atoms with Crippen molar-refractivity contribution in [3.8, 4) is 5.75 Å². The summed E-state index contributed by atoms with van der Waals surface area (Å²) < 4.78 is 5.25. The molecule has 0 saturated carbocycles. The second kappa shape index (κ2) is 5.34. The van der Waals surface area contributed by atoms with Crippen LogP contribution in [0.5, 0.6) is 5.75 Å². The van der Waals surface area contributed by atoms with Gasteiger partial charge in [-0.2, -0.15) is 0 Å². The van der Waals surface area contributed by atoms with Crippen molar-refractivity contribution in [2.75, 3.05) is 31.2 Å². The van der Waals surface area contributed by atoms with Crippen molar-refractivity contribution in [2.24, 2.45) is 0 Å². The van der Waals surface area contributed by atoms with Crippen LogP contribution in [0.3, 0.4) is 0 Å². The van der Waals surface area contributed by atoms with Crippen LogP contribution in [0, 0.1) is 0 Å². The summed E-state index contributed by atoms with van der Waals surface area (Å²) in [6.45, 7) is 3.83. The molecule has 0 aromatic heterocycles. The molecule has 4 nitrogen and oxygen atoms in total. The number of rotatable bonds is 2. The summed E-state index contributed by atoms with van der Waals surface area (Å²) in [4.78, 5) is 13.3. The molecular formula is C12H13Cl2NO3. The van der Waals surface area contributed by atoms with Crippen LogP contribution in [0.2, 0.25) is 10.0 Å². The number of halogens is 2. The summed E-state index contributed by atoms with van der Waals surface area (Å²) in [5.74, 6) is -0.486. The molecular weight excluding hydrogens is 277 g/mol. The summed E-state index contributed by atoms with van der Waals surface area (Å²) in [5.41, 5.74) is 0.700. The van der Waals surface area contributed by atoms with Crippen molar-refractivity contribution in [3.05, 3.63) is 21.7 Å². The zero-order chi connectivity index (χ0) is 13.3. The summed E-state index contributed by atoms with van der Waals surface area (Å²) in [6.07, 6.45) is 0. The Labute approximate surface area is 115 Å². The van der Waals surface area contributed by atoms with Gasteiger partial charge < -0.3 is 14.7 Å². The Hall–Kier alpha value is -0.970. The molecule has 1 fully saturated rings. The molecule has 0 spiro atoms. The highest BCUT2D eigenvalue weighted by Crippen LogP contribution is 2.42. The molecule has 98 valence electrons. The van der Waals surface area contributed by atoms with Crippen LogP contribution >= 0.6 is 23.2 Å². The first-order valence-corrected chi connectivity index (χ1v) is 6.32. The lowest BCUT2D eigenvalue weighted by Gasteiger charge is -2.30. The Morgan fingerprint density at radius 2 is 2.00 bits per heavy atom. The first kappa shape index (κ1) is 13.5. The Bertz CT molecular complexity index is 485. The predicted octanol–water partition coefficient (Wildman–Crippen LogP) is 2.74. The Kier molecular flexibility index (Phi) is 4.00. The third-order valence-corrected chi connectivity index (χ3v) is 3.52. The van der Waals surface area contributed by atoms with Gasteiger partial charge in [-0.1, -0.05) is 23.2 Å². The molecule has 0 aliphatic carbocycles. The maximum atomic E-state index is 11.3. The molecule has 0 unspecified atom stereocenters. The molecule has 1 aromatic rings. The molecule has 0 radical (unpaired) electrons. The van der Waals surface area contributed by atoms with E-state index in [1.807, 2.05) is 4.90 Å². The first-order valence-electron chi connectivity index (χ1n) is 5.57. The number of morpholine rings is 1. The maximum Gasteiger partial charge on any atom is 0.163 e. The van der Waals surface area contributed by atoms with Crippen LogP contribution in [-0.4, -0.2) is 37.2 Å². The number of phenols is 1. The molecule has 0 amide bonds. The highest BCUT2D eigenvalue weighted by Gasteiger charge is 2.23. The van der Waals surface area contributed by atoms with Crippen molar-refractivity contribution in [1.82, 2.24) is 0 Å². The second-order valence-corrected chi connectivity index (χ2v) is 4.86. The average Bonchev–Trinajstić information content (AvgIpc) is 2.35. The van der Waals surface area contributed by atoms with Crippen LogP contribution in [0.25, 0.3) is 0 Å². The van der Waals surface area contributed by atoms with Gasteiger partial charge in [-0.3, -0.25) is 4.79 Å². The normalized spacial score (nSPS) is 15.8. The fourth-order valence-corrected chi connectivity index (χ4v) is 2.64. The number of hydrogen-bond donors (Lipinski definition) is 1. The van der Waals surface area contributed by atoms with Gasteiger partial charge in [0, 0.05) is 13.1 Å². The maximum absolute atomic E-state index is 11.3. The lowest BCUT2D eigenvalue weighted by Crippen LogP contribution is -2.36. The highest BCUT2D eigenvalue weighted by molar-refractivity contribution is 6.40. The lowest BCUT2D eigenvalue weighted by molar-refractivity contribution is 0.101. The second-order valence-electron chi connectivity index (χ2n) is 4.07. The highest BCUT2D eigenvalue weighted by atomic mass is 35.5. The molecule has 6 heteroatoms. The SMILES string of the molecule is CC(=O)c1cc(Cl)c(N2CCOCC2)c(Cl)c1O. The van der Waals surface area contributed by atoms with Gasteiger partial charge in [0.05, 0.1) is 29.5 Å². The summed E-state index contributed by atoms with van der Waals surface area (Å²) in [6, 6.07) is 1.45. The third-order valence-electron chi connectivity index (χ3n) is 2.87. The van der Waals surface area contributed by atoms with Crippen molar-refractivity contribution in [1.29, 1.82) is 0 Å². The minimum atomic E-state index is -0.273. The van der Waals surface area contributed by atoms with Crippen LogP contribution in [0.4, 0.5) is 5.69 Å². The lowest BCUT2D eigenvalue weighted by atomic mass is 10.1. The minimum Gasteiger partial charge on any atom is -0.506 e. The van der Waals surface area contributed by atoms with Crippen molar-refractivity contribution in [2.45, 2.75) is 6.92 Å². The molecule has 1 N–H and O–H groups in total. The van der Waals surface area contributed by atoms with E-state index >= 15 is 0 Å². The summed E-state index contributed by atoms with van der Waals surface area (Å²) in [5, 5.41) is 10.4. The molecule has 1 heterocycles. The van der Waals surface area contributed by atoms with Crippen molar-refractivity contribution >= 4 is 34.7 Å². The fourth-order valence-electron chi connectivity index (χ4n) is 1.94. The monoisotopic (exact) mass is 289 g/mol. The van der Waals surface area contributed by atoms with Crippen LogP contribution in [0.1, 0.15) is 17.3 Å². The van der Waals surface area contributed by atoms with Crippen LogP contribution in [0.15, 0.2) is 6.07 Å². The van der Waals surface area contributed by atoms with Gasteiger partial charge in [0.2, 0.25) is 0 Å². The van der Waals surface area contributed by atoms with Gasteiger partial charge in [-0.05, 0) is 13.0 Å². The fraction of sp³-hybridized carbons (Fsp3) is 0.417. The van der Waals surface area contributed by atoms with Crippen molar-refractivity contribution in [3.63, 3.8) is 0 Å². The van der Waals surface area contributed by atoms with Gasteiger partial charge in [0.15, 0.2) is 5.78 Å². The van der Waals surface area contributed by atoms with Gasteiger partial charge in [0.1, 0.15) is 10.8 Å². The number of anilines is 1. The van der Waals surface area contributed by atoms with E-state index in [2.05, 4.69) is 0 Å². The molecule has 2 rings (SSSR count). The molecule has 0 atom stereocenters. The number of ketones is 1. The molecule has 0 bridgehead atoms. The Morgan fingerprint density at radius 3 is 2.56 bits per heavy atom.